The Morgan fingerprint density at radius 2 is 2.56 bits per heavy atom. The lowest BCUT2D eigenvalue weighted by Gasteiger charge is -2.19. The summed E-state index contributed by atoms with van der Waals surface area (Å²) >= 11 is 1.52. The maximum absolute atomic E-state index is 11.5. The van der Waals surface area contributed by atoms with E-state index >= 15 is 0 Å². The minimum atomic E-state index is -0.322. The highest BCUT2D eigenvalue weighted by molar-refractivity contribution is 7.13. The number of esters is 1. The first kappa shape index (κ1) is 11.4. The molecule has 1 aliphatic rings. The van der Waals surface area contributed by atoms with Crippen LogP contribution >= 0.6 is 11.3 Å². The fourth-order valence-corrected chi connectivity index (χ4v) is 2.84. The van der Waals surface area contributed by atoms with Crippen LogP contribution in [0.15, 0.2) is 5.38 Å². The molecule has 0 radical (unpaired) electrons. The quantitative estimate of drug-likeness (QED) is 0.760. The number of aromatic nitrogens is 1. The number of carbonyl (C=O) groups excluding carboxylic acids is 1. The zero-order valence-electron chi connectivity index (χ0n) is 9.60. The molecule has 1 aromatic heterocycles. The molecule has 1 atom stereocenters. The lowest BCUT2D eigenvalue weighted by molar-refractivity contribution is 0.0520. The van der Waals surface area contributed by atoms with Gasteiger partial charge in [0, 0.05) is 18.0 Å². The molecule has 2 heterocycles. The average Bonchev–Trinajstić information content (AvgIpc) is 2.86. The molecule has 0 N–H and O–H groups in total. The molecule has 0 saturated carbocycles. The SMILES string of the molecule is CCOC(=O)c1csc(N2CCC[C@@H]2C)n1. The summed E-state index contributed by atoms with van der Waals surface area (Å²) < 4.78 is 4.92. The van der Waals surface area contributed by atoms with E-state index in [4.69, 9.17) is 4.74 Å². The zero-order valence-corrected chi connectivity index (χ0v) is 10.4. The van der Waals surface area contributed by atoms with Crippen molar-refractivity contribution in [3.8, 4) is 0 Å². The van der Waals surface area contributed by atoms with E-state index in [9.17, 15) is 4.79 Å². The number of hydrogen-bond acceptors (Lipinski definition) is 5. The van der Waals surface area contributed by atoms with Gasteiger partial charge in [0.05, 0.1) is 6.61 Å². The molecule has 0 bridgehead atoms. The minimum Gasteiger partial charge on any atom is -0.461 e. The number of anilines is 1. The molecule has 16 heavy (non-hydrogen) atoms. The van der Waals surface area contributed by atoms with Crippen LogP contribution in [0.3, 0.4) is 0 Å². The number of hydrogen-bond donors (Lipinski definition) is 0. The summed E-state index contributed by atoms with van der Waals surface area (Å²) in [6, 6.07) is 0.529. The molecule has 1 saturated heterocycles. The van der Waals surface area contributed by atoms with Crippen LogP contribution in [-0.2, 0) is 4.74 Å². The molecule has 0 aliphatic carbocycles. The molecule has 2 rings (SSSR count). The minimum absolute atomic E-state index is 0.322. The third-order valence-electron chi connectivity index (χ3n) is 2.78. The van der Waals surface area contributed by atoms with Crippen LogP contribution in [0.2, 0.25) is 0 Å². The summed E-state index contributed by atoms with van der Waals surface area (Å²) in [4.78, 5) is 18.0. The van der Waals surface area contributed by atoms with Crippen LogP contribution in [0.4, 0.5) is 5.13 Å². The van der Waals surface area contributed by atoms with E-state index in [-0.39, 0.29) is 5.97 Å². The van der Waals surface area contributed by atoms with E-state index in [1.807, 2.05) is 0 Å². The Hall–Kier alpha value is -1.10. The Bertz CT molecular complexity index is 378. The van der Waals surface area contributed by atoms with Gasteiger partial charge in [0.15, 0.2) is 10.8 Å². The summed E-state index contributed by atoms with van der Waals surface area (Å²) in [7, 11) is 0. The van der Waals surface area contributed by atoms with E-state index < -0.39 is 0 Å². The van der Waals surface area contributed by atoms with E-state index in [0.717, 1.165) is 11.7 Å². The van der Waals surface area contributed by atoms with Crippen molar-refractivity contribution in [2.24, 2.45) is 0 Å². The monoisotopic (exact) mass is 240 g/mol. The zero-order chi connectivity index (χ0) is 11.5. The third kappa shape index (κ3) is 2.19. The molecule has 5 heteroatoms. The highest BCUT2D eigenvalue weighted by Gasteiger charge is 2.24. The van der Waals surface area contributed by atoms with Gasteiger partial charge in [-0.25, -0.2) is 9.78 Å². The van der Waals surface area contributed by atoms with E-state index in [2.05, 4.69) is 16.8 Å². The number of nitrogens with zero attached hydrogens (tertiary/aromatic N) is 2. The topological polar surface area (TPSA) is 42.4 Å². The Labute approximate surface area is 99.2 Å². The lowest BCUT2D eigenvalue weighted by Crippen LogP contribution is -2.26. The van der Waals surface area contributed by atoms with Crippen molar-refractivity contribution in [3.05, 3.63) is 11.1 Å². The van der Waals surface area contributed by atoms with Gasteiger partial charge in [-0.15, -0.1) is 11.3 Å². The molecular formula is C11H16N2O2S. The number of ether oxygens (including phenoxy) is 1. The molecule has 0 spiro atoms. The first-order valence-corrected chi connectivity index (χ1v) is 6.49. The fourth-order valence-electron chi connectivity index (χ4n) is 1.91. The standard InChI is InChI=1S/C11H16N2O2S/c1-3-15-10(14)9-7-16-11(12-9)13-6-4-5-8(13)2/h7-8H,3-6H2,1-2H3/t8-/m0/s1. The summed E-state index contributed by atoms with van der Waals surface area (Å²) in [6.07, 6.45) is 2.41. The molecule has 0 aromatic carbocycles. The second-order valence-corrected chi connectivity index (χ2v) is 4.76. The Balaban J connectivity index is 2.10. The maximum atomic E-state index is 11.5. The predicted octanol–water partition coefficient (Wildman–Crippen LogP) is 2.31. The predicted molar refractivity (Wildman–Crippen MR) is 64.1 cm³/mol. The summed E-state index contributed by atoms with van der Waals surface area (Å²) in [6.45, 7) is 5.43. The van der Waals surface area contributed by atoms with Gasteiger partial charge in [-0.05, 0) is 26.7 Å². The smallest absolute Gasteiger partial charge is 0.357 e. The maximum Gasteiger partial charge on any atom is 0.357 e. The molecule has 0 unspecified atom stereocenters. The molecule has 0 amide bonds. The van der Waals surface area contributed by atoms with Gasteiger partial charge < -0.3 is 9.64 Å². The molecular weight excluding hydrogens is 224 g/mol. The Morgan fingerprint density at radius 1 is 1.75 bits per heavy atom. The van der Waals surface area contributed by atoms with Crippen LogP contribution in [0.1, 0.15) is 37.2 Å². The van der Waals surface area contributed by atoms with Crippen LogP contribution in [0.25, 0.3) is 0 Å². The lowest BCUT2D eigenvalue weighted by atomic mass is 10.2. The van der Waals surface area contributed by atoms with Crippen LogP contribution < -0.4 is 4.90 Å². The van der Waals surface area contributed by atoms with Crippen molar-refractivity contribution in [1.82, 2.24) is 4.98 Å². The van der Waals surface area contributed by atoms with Gasteiger partial charge in [-0.2, -0.15) is 0 Å². The van der Waals surface area contributed by atoms with Crippen molar-refractivity contribution in [2.75, 3.05) is 18.1 Å². The van der Waals surface area contributed by atoms with Gasteiger partial charge in [-0.3, -0.25) is 0 Å². The molecule has 1 aromatic rings. The molecule has 1 fully saturated rings. The normalized spacial score (nSPS) is 20.1. The highest BCUT2D eigenvalue weighted by atomic mass is 32.1. The molecule has 88 valence electrons. The van der Waals surface area contributed by atoms with Crippen molar-refractivity contribution in [1.29, 1.82) is 0 Å². The first-order valence-electron chi connectivity index (χ1n) is 5.61. The number of carbonyl (C=O) groups is 1. The van der Waals surface area contributed by atoms with Crippen LogP contribution in [-0.4, -0.2) is 30.1 Å². The van der Waals surface area contributed by atoms with Crippen molar-refractivity contribution in [2.45, 2.75) is 32.7 Å². The van der Waals surface area contributed by atoms with Crippen molar-refractivity contribution >= 4 is 22.4 Å². The third-order valence-corrected chi connectivity index (χ3v) is 3.65. The van der Waals surface area contributed by atoms with Gasteiger partial charge in [0.1, 0.15) is 0 Å². The number of thiazole rings is 1. The summed E-state index contributed by atoms with van der Waals surface area (Å²) in [5, 5.41) is 2.71. The van der Waals surface area contributed by atoms with Gasteiger partial charge in [0.2, 0.25) is 0 Å². The van der Waals surface area contributed by atoms with E-state index in [1.54, 1.807) is 12.3 Å². The highest BCUT2D eigenvalue weighted by Crippen LogP contribution is 2.28. The molecule has 1 aliphatic heterocycles. The largest absolute Gasteiger partial charge is 0.461 e. The average molecular weight is 240 g/mol. The van der Waals surface area contributed by atoms with Crippen LogP contribution in [0, 0.1) is 0 Å². The molecule has 4 nitrogen and oxygen atoms in total. The Morgan fingerprint density at radius 3 is 3.19 bits per heavy atom. The Kier molecular flexibility index (Phi) is 3.43. The summed E-state index contributed by atoms with van der Waals surface area (Å²) in [5.74, 6) is -0.322. The van der Waals surface area contributed by atoms with E-state index in [0.29, 0.717) is 18.3 Å². The fraction of sp³-hybridized carbons (Fsp3) is 0.636. The second-order valence-electron chi connectivity index (χ2n) is 3.92. The first-order chi connectivity index (χ1) is 7.72. The van der Waals surface area contributed by atoms with Gasteiger partial charge >= 0.3 is 5.97 Å². The number of rotatable bonds is 3. The van der Waals surface area contributed by atoms with Crippen molar-refractivity contribution in [3.63, 3.8) is 0 Å². The second kappa shape index (κ2) is 4.82. The van der Waals surface area contributed by atoms with E-state index in [1.165, 1.54) is 24.2 Å². The summed E-state index contributed by atoms with van der Waals surface area (Å²) in [5.41, 5.74) is 0.431. The van der Waals surface area contributed by atoms with Crippen LogP contribution in [0.5, 0.6) is 0 Å². The van der Waals surface area contributed by atoms with Crippen molar-refractivity contribution < 1.29 is 9.53 Å². The van der Waals surface area contributed by atoms with Gasteiger partial charge in [-0.1, -0.05) is 0 Å². The van der Waals surface area contributed by atoms with Gasteiger partial charge in [0.25, 0.3) is 0 Å².